The Morgan fingerprint density at radius 1 is 1.36 bits per heavy atom. The van der Waals surface area contributed by atoms with Gasteiger partial charge in [0.2, 0.25) is 0 Å². The minimum atomic E-state index is -0.560. The first kappa shape index (κ1) is 9.52. The van der Waals surface area contributed by atoms with Gasteiger partial charge in [-0.3, -0.25) is 0 Å². The molecule has 1 saturated carbocycles. The second-order valence-electron chi connectivity index (χ2n) is 4.22. The zero-order chi connectivity index (χ0) is 10.0. The molecule has 1 unspecified atom stereocenters. The van der Waals surface area contributed by atoms with Crippen LogP contribution in [0.4, 0.5) is 0 Å². The maximum Gasteiger partial charge on any atom is 0.135 e. The van der Waals surface area contributed by atoms with Gasteiger partial charge < -0.3 is 16.8 Å². The van der Waals surface area contributed by atoms with Crippen molar-refractivity contribution in [3.8, 4) is 0 Å². The number of hydrogen-bond acceptors (Lipinski definition) is 4. The largest absolute Gasteiger partial charge is 0.385 e. The summed E-state index contributed by atoms with van der Waals surface area (Å²) in [6.07, 6.45) is 9.65. The number of hydrogen-bond donors (Lipinski definition) is 3. The Balaban J connectivity index is 2.13. The van der Waals surface area contributed by atoms with Gasteiger partial charge >= 0.3 is 0 Å². The maximum atomic E-state index is 6.23. The van der Waals surface area contributed by atoms with E-state index in [1.54, 1.807) is 6.34 Å². The highest BCUT2D eigenvalue weighted by Gasteiger charge is 2.34. The molecule has 1 aliphatic heterocycles. The first-order valence-corrected chi connectivity index (χ1v) is 5.28. The van der Waals surface area contributed by atoms with Crippen LogP contribution in [0.2, 0.25) is 0 Å². The van der Waals surface area contributed by atoms with Crippen LogP contribution in [-0.2, 0) is 0 Å². The zero-order valence-corrected chi connectivity index (χ0v) is 8.37. The Morgan fingerprint density at radius 3 is 2.71 bits per heavy atom. The quantitative estimate of drug-likeness (QED) is 0.573. The number of nitrogens with two attached hydrogens (primary N) is 2. The second-order valence-corrected chi connectivity index (χ2v) is 4.22. The Morgan fingerprint density at radius 2 is 2.07 bits per heavy atom. The van der Waals surface area contributed by atoms with Crippen molar-refractivity contribution in [2.75, 3.05) is 0 Å². The van der Waals surface area contributed by atoms with Crippen molar-refractivity contribution >= 4 is 6.34 Å². The molecule has 4 heteroatoms. The summed E-state index contributed by atoms with van der Waals surface area (Å²) >= 11 is 0. The fourth-order valence-electron chi connectivity index (χ4n) is 2.33. The van der Waals surface area contributed by atoms with Crippen molar-refractivity contribution in [1.29, 1.82) is 0 Å². The van der Waals surface area contributed by atoms with Crippen molar-refractivity contribution < 1.29 is 0 Å². The van der Waals surface area contributed by atoms with Crippen molar-refractivity contribution in [2.45, 2.75) is 37.8 Å². The molecule has 1 heterocycles. The van der Waals surface area contributed by atoms with Crippen molar-refractivity contribution in [3.05, 3.63) is 11.9 Å². The van der Waals surface area contributed by atoms with Gasteiger partial charge in [0.25, 0.3) is 0 Å². The molecule has 4 nitrogen and oxygen atoms in total. The van der Waals surface area contributed by atoms with Crippen molar-refractivity contribution in [2.24, 2.45) is 22.4 Å². The standard InChI is InChI=1S/C10H18N4/c11-9-6-10(12,14-7-13-9)8-4-2-1-3-5-8/h6-8H,1-5,11-12H2,(H,13,14). The van der Waals surface area contributed by atoms with Crippen LogP contribution in [0.25, 0.3) is 0 Å². The van der Waals surface area contributed by atoms with Gasteiger partial charge in [0, 0.05) is 5.92 Å². The number of nitrogens with zero attached hydrogens (tertiary/aromatic N) is 1. The lowest BCUT2D eigenvalue weighted by atomic mass is 9.80. The molecule has 0 bridgehead atoms. The van der Waals surface area contributed by atoms with E-state index in [9.17, 15) is 0 Å². The Labute approximate surface area is 84.4 Å². The summed E-state index contributed by atoms with van der Waals surface area (Å²) in [4.78, 5) is 4.32. The summed E-state index contributed by atoms with van der Waals surface area (Å²) < 4.78 is 0. The lowest BCUT2D eigenvalue weighted by Gasteiger charge is -2.35. The van der Waals surface area contributed by atoms with Crippen LogP contribution in [0.1, 0.15) is 32.1 Å². The summed E-state index contributed by atoms with van der Waals surface area (Å²) in [6, 6.07) is 0. The molecular weight excluding hydrogens is 176 g/mol. The molecule has 0 aromatic heterocycles. The third-order valence-corrected chi connectivity index (χ3v) is 3.17. The molecule has 0 spiro atoms. The van der Waals surface area contributed by atoms with Crippen molar-refractivity contribution in [1.82, 2.24) is 5.32 Å². The second kappa shape index (κ2) is 3.61. The average Bonchev–Trinajstić information content (AvgIpc) is 2.19. The highest BCUT2D eigenvalue weighted by Crippen LogP contribution is 2.33. The summed E-state index contributed by atoms with van der Waals surface area (Å²) in [7, 11) is 0. The van der Waals surface area contributed by atoms with Crippen LogP contribution in [0.15, 0.2) is 16.9 Å². The molecule has 0 radical (unpaired) electrons. The molecule has 1 atom stereocenters. The minimum absolute atomic E-state index is 0.452. The van der Waals surface area contributed by atoms with Gasteiger partial charge in [0.15, 0.2) is 0 Å². The van der Waals surface area contributed by atoms with Crippen LogP contribution in [-0.4, -0.2) is 12.0 Å². The summed E-state index contributed by atoms with van der Waals surface area (Å²) in [5, 5.41) is 2.84. The third-order valence-electron chi connectivity index (χ3n) is 3.17. The Kier molecular flexibility index (Phi) is 2.46. The summed E-state index contributed by atoms with van der Waals surface area (Å²) in [5.74, 6) is 1.07. The van der Waals surface area contributed by atoms with Crippen LogP contribution in [0, 0.1) is 5.92 Å². The average molecular weight is 194 g/mol. The lowest BCUT2D eigenvalue weighted by molar-refractivity contribution is 0.253. The van der Waals surface area contributed by atoms with Crippen LogP contribution >= 0.6 is 0 Å². The zero-order valence-electron chi connectivity index (χ0n) is 8.37. The van der Waals surface area contributed by atoms with E-state index in [-0.39, 0.29) is 0 Å². The highest BCUT2D eigenvalue weighted by atomic mass is 15.1. The molecule has 5 N–H and O–H groups in total. The number of rotatable bonds is 1. The molecule has 1 aliphatic carbocycles. The van der Waals surface area contributed by atoms with Crippen LogP contribution < -0.4 is 16.8 Å². The maximum absolute atomic E-state index is 6.23. The first-order valence-electron chi connectivity index (χ1n) is 5.28. The van der Waals surface area contributed by atoms with E-state index >= 15 is 0 Å². The fraction of sp³-hybridized carbons (Fsp3) is 0.700. The van der Waals surface area contributed by atoms with E-state index in [1.165, 1.54) is 19.3 Å². The van der Waals surface area contributed by atoms with E-state index in [0.29, 0.717) is 11.7 Å². The normalized spacial score (nSPS) is 33.6. The van der Waals surface area contributed by atoms with E-state index in [4.69, 9.17) is 11.5 Å². The molecule has 0 aromatic rings. The molecule has 0 aromatic carbocycles. The van der Waals surface area contributed by atoms with Gasteiger partial charge in [-0.15, -0.1) is 0 Å². The molecule has 2 rings (SSSR count). The van der Waals surface area contributed by atoms with Gasteiger partial charge in [-0.25, -0.2) is 4.99 Å². The topological polar surface area (TPSA) is 76.4 Å². The monoisotopic (exact) mass is 194 g/mol. The van der Waals surface area contributed by atoms with Crippen LogP contribution in [0.3, 0.4) is 0 Å². The van der Waals surface area contributed by atoms with Crippen LogP contribution in [0.5, 0.6) is 0 Å². The molecular formula is C10H18N4. The van der Waals surface area contributed by atoms with Gasteiger partial charge in [0.1, 0.15) is 11.5 Å². The van der Waals surface area contributed by atoms with E-state index < -0.39 is 5.66 Å². The molecule has 1 fully saturated rings. The van der Waals surface area contributed by atoms with E-state index in [2.05, 4.69) is 10.3 Å². The predicted octanol–water partition coefficient (Wildman–Crippen LogP) is 0.653. The van der Waals surface area contributed by atoms with Gasteiger partial charge in [-0.05, 0) is 18.9 Å². The Bertz CT molecular complexity index is 265. The molecule has 78 valence electrons. The molecule has 0 saturated heterocycles. The van der Waals surface area contributed by atoms with Gasteiger partial charge in [-0.2, -0.15) is 0 Å². The molecule has 14 heavy (non-hydrogen) atoms. The van der Waals surface area contributed by atoms with Gasteiger partial charge in [0.05, 0.1) is 6.34 Å². The SMILES string of the molecule is NC1=CC(N)(C2CCCCC2)N=CN1. The summed E-state index contributed by atoms with van der Waals surface area (Å²) in [6.45, 7) is 0. The highest BCUT2D eigenvalue weighted by molar-refractivity contribution is 5.60. The lowest BCUT2D eigenvalue weighted by Crippen LogP contribution is -2.48. The fourth-order valence-corrected chi connectivity index (χ4v) is 2.33. The van der Waals surface area contributed by atoms with Gasteiger partial charge in [-0.1, -0.05) is 19.3 Å². The molecule has 2 aliphatic rings. The van der Waals surface area contributed by atoms with E-state index in [0.717, 1.165) is 12.8 Å². The minimum Gasteiger partial charge on any atom is -0.385 e. The smallest absolute Gasteiger partial charge is 0.135 e. The molecule has 0 amide bonds. The summed E-state index contributed by atoms with van der Waals surface area (Å²) in [5.41, 5.74) is 11.4. The first-order chi connectivity index (χ1) is 6.71. The number of nitrogens with one attached hydrogen (secondary N) is 1. The Hall–Kier alpha value is -1.03. The van der Waals surface area contributed by atoms with Crippen molar-refractivity contribution in [3.63, 3.8) is 0 Å². The van der Waals surface area contributed by atoms with E-state index in [1.807, 2.05) is 6.08 Å². The number of aliphatic imine (C=N–C) groups is 1. The predicted molar refractivity (Wildman–Crippen MR) is 57.4 cm³/mol. The third kappa shape index (κ3) is 1.75.